The Labute approximate surface area is 215 Å². The van der Waals surface area contributed by atoms with E-state index in [1.54, 1.807) is 0 Å². The Morgan fingerprint density at radius 1 is 0.485 bits per heavy atom. The molecule has 0 atom stereocenters. The first kappa shape index (κ1) is 25.9. The summed E-state index contributed by atoms with van der Waals surface area (Å²) < 4.78 is 2.12. The molecule has 0 bridgehead atoms. The molecule has 0 aromatic heterocycles. The van der Waals surface area contributed by atoms with Gasteiger partial charge in [-0.25, -0.2) is 0 Å². The van der Waals surface area contributed by atoms with Gasteiger partial charge in [-0.2, -0.15) is 0 Å². The van der Waals surface area contributed by atoms with Crippen LogP contribution in [0.15, 0.2) is 113 Å². The van der Waals surface area contributed by atoms with Crippen molar-refractivity contribution in [1.82, 2.24) is 0 Å². The topological polar surface area (TPSA) is 0 Å². The quantitative estimate of drug-likeness (QED) is 0.0794. The minimum atomic E-state index is -2.05. The van der Waals surface area contributed by atoms with Gasteiger partial charge in [0.1, 0.15) is 0 Å². The van der Waals surface area contributed by atoms with E-state index < -0.39 is 7.26 Å². The van der Waals surface area contributed by atoms with Gasteiger partial charge in [-0.05, 0) is 4.08 Å². The van der Waals surface area contributed by atoms with Crippen molar-refractivity contribution in [2.75, 3.05) is 6.16 Å². The third kappa shape index (κ3) is 7.94. The van der Waals surface area contributed by atoms with Gasteiger partial charge in [0.15, 0.2) is 0 Å². The van der Waals surface area contributed by atoms with E-state index in [-0.39, 0.29) is 0 Å². The monoisotopic (exact) mass is 568 g/mol. The summed E-state index contributed by atoms with van der Waals surface area (Å²) in [6.07, 6.45) is 18.4. The molecule has 0 nitrogen and oxygen atoms in total. The molecule has 2 heteroatoms. The van der Waals surface area contributed by atoms with Gasteiger partial charge < -0.3 is 0 Å². The summed E-state index contributed by atoms with van der Waals surface area (Å²) in [6, 6.07) is 33.9. The Morgan fingerprint density at radius 2 is 0.879 bits per heavy atom. The zero-order chi connectivity index (χ0) is 23.0. The van der Waals surface area contributed by atoms with Crippen LogP contribution in [0, 0.1) is 0 Å². The summed E-state index contributed by atoms with van der Waals surface area (Å²) >= 11 is 2.30. The van der Waals surface area contributed by atoms with E-state index in [0.717, 1.165) is 0 Å². The number of halogens is 1. The molecule has 0 saturated heterocycles. The predicted molar refractivity (Wildman–Crippen MR) is 161 cm³/mol. The second kappa shape index (κ2) is 15.3. The Kier molecular flexibility index (Phi) is 12.0. The molecule has 174 valence electrons. The second-order valence-corrected chi connectivity index (χ2v) is 13.5. The molecule has 0 aliphatic carbocycles. The normalized spacial score (nSPS) is 12.5. The fourth-order valence-electron chi connectivity index (χ4n) is 4.75. The standard InChI is InChI=1S/C31H38IP/c32-27-19-8-6-4-2-1-3-5-7-9-20-28-33(29-21-13-10-14-22-29,30-23-15-11-16-24-30)31-25-17-12-18-26-31/h1,3,10-19,21-27,33H,2,4-9,20,28H2. The van der Waals surface area contributed by atoms with E-state index >= 15 is 0 Å². The Morgan fingerprint density at radius 3 is 1.30 bits per heavy atom. The molecule has 0 N–H and O–H groups in total. The number of hydrogen-bond acceptors (Lipinski definition) is 0. The van der Waals surface area contributed by atoms with Gasteiger partial charge >= 0.3 is 190 Å². The van der Waals surface area contributed by atoms with E-state index in [2.05, 4.69) is 136 Å². The summed E-state index contributed by atoms with van der Waals surface area (Å²) in [6.45, 7) is 0. The van der Waals surface area contributed by atoms with Crippen LogP contribution in [0.3, 0.4) is 0 Å². The first-order valence-corrected chi connectivity index (χ1v) is 15.9. The Bertz CT molecular complexity index is 851. The van der Waals surface area contributed by atoms with Crippen molar-refractivity contribution in [2.45, 2.75) is 51.4 Å². The third-order valence-electron chi connectivity index (χ3n) is 6.47. The predicted octanol–water partition coefficient (Wildman–Crippen LogP) is 8.34. The summed E-state index contributed by atoms with van der Waals surface area (Å²) in [5.74, 6) is 0. The third-order valence-corrected chi connectivity index (χ3v) is 12.0. The number of allylic oxidation sites excluding steroid dienone is 3. The van der Waals surface area contributed by atoms with Crippen molar-refractivity contribution in [1.29, 1.82) is 0 Å². The SMILES string of the molecule is IC=CCCCCC=CCCCCC[PH](c1ccccc1)(c1ccccc1)c1ccccc1. The number of benzene rings is 3. The van der Waals surface area contributed by atoms with E-state index in [0.29, 0.717) is 0 Å². The van der Waals surface area contributed by atoms with Gasteiger partial charge in [-0.15, -0.1) is 0 Å². The average Bonchev–Trinajstić information content (AvgIpc) is 2.89. The molecule has 0 saturated carbocycles. The molecule has 0 radical (unpaired) electrons. The van der Waals surface area contributed by atoms with E-state index in [9.17, 15) is 0 Å². The van der Waals surface area contributed by atoms with Crippen LogP contribution in [0.25, 0.3) is 0 Å². The van der Waals surface area contributed by atoms with Crippen LogP contribution in [0.4, 0.5) is 0 Å². The molecule has 33 heavy (non-hydrogen) atoms. The molecule has 0 heterocycles. The second-order valence-electron chi connectivity index (χ2n) is 8.72. The summed E-state index contributed by atoms with van der Waals surface area (Å²) in [5, 5.41) is 4.58. The zero-order valence-corrected chi connectivity index (χ0v) is 22.9. The molecule has 0 spiro atoms. The average molecular weight is 569 g/mol. The van der Waals surface area contributed by atoms with Gasteiger partial charge in [0, 0.05) is 0 Å². The Balaban J connectivity index is 1.64. The van der Waals surface area contributed by atoms with Crippen molar-refractivity contribution in [3.63, 3.8) is 0 Å². The van der Waals surface area contributed by atoms with E-state index in [4.69, 9.17) is 0 Å². The minimum absolute atomic E-state index is 1.21. The molecule has 0 unspecified atom stereocenters. The van der Waals surface area contributed by atoms with Gasteiger partial charge in [0.2, 0.25) is 0 Å². The fourth-order valence-corrected chi connectivity index (χ4v) is 10.0. The molecule has 0 aliphatic rings. The van der Waals surface area contributed by atoms with Crippen LogP contribution in [-0.2, 0) is 0 Å². The fraction of sp³-hybridized carbons (Fsp3) is 0.290. The van der Waals surface area contributed by atoms with Crippen LogP contribution in [-0.4, -0.2) is 6.16 Å². The summed E-state index contributed by atoms with van der Waals surface area (Å²) in [7, 11) is -2.05. The summed E-state index contributed by atoms with van der Waals surface area (Å²) in [5.41, 5.74) is 0. The molecule has 0 amide bonds. The molecule has 3 rings (SSSR count). The summed E-state index contributed by atoms with van der Waals surface area (Å²) in [4.78, 5) is 0. The van der Waals surface area contributed by atoms with Crippen molar-refractivity contribution in [3.8, 4) is 0 Å². The van der Waals surface area contributed by atoms with Crippen molar-refractivity contribution in [3.05, 3.63) is 113 Å². The van der Waals surface area contributed by atoms with E-state index in [1.807, 2.05) is 0 Å². The van der Waals surface area contributed by atoms with Gasteiger partial charge in [0.05, 0.1) is 0 Å². The van der Waals surface area contributed by atoms with Crippen LogP contribution in [0.1, 0.15) is 51.4 Å². The van der Waals surface area contributed by atoms with E-state index in [1.165, 1.54) is 73.4 Å². The molecular formula is C31H38IP. The van der Waals surface area contributed by atoms with Crippen molar-refractivity contribution < 1.29 is 0 Å². The van der Waals surface area contributed by atoms with Gasteiger partial charge in [0.25, 0.3) is 0 Å². The maximum atomic E-state index is 2.41. The number of hydrogen-bond donors (Lipinski definition) is 0. The van der Waals surface area contributed by atoms with Crippen LogP contribution in [0.5, 0.6) is 0 Å². The molecule has 0 fully saturated rings. The maximum absolute atomic E-state index is 2.41. The first-order valence-electron chi connectivity index (χ1n) is 12.4. The molecule has 0 aliphatic heterocycles. The van der Waals surface area contributed by atoms with Gasteiger partial charge in [-0.1, -0.05) is 22.6 Å². The molecular weight excluding hydrogens is 530 g/mol. The van der Waals surface area contributed by atoms with Crippen LogP contribution in [0.2, 0.25) is 0 Å². The number of rotatable bonds is 14. The van der Waals surface area contributed by atoms with Crippen molar-refractivity contribution >= 4 is 45.8 Å². The zero-order valence-electron chi connectivity index (χ0n) is 19.7. The van der Waals surface area contributed by atoms with Crippen LogP contribution >= 0.6 is 29.9 Å². The molecule has 3 aromatic rings. The van der Waals surface area contributed by atoms with Crippen LogP contribution < -0.4 is 15.9 Å². The first-order chi connectivity index (χ1) is 16.4. The Hall–Kier alpha value is -1.70. The number of unbranched alkanes of at least 4 members (excludes halogenated alkanes) is 6. The molecule has 3 aromatic carbocycles. The van der Waals surface area contributed by atoms with Gasteiger partial charge in [-0.3, -0.25) is 0 Å². The van der Waals surface area contributed by atoms with Crippen molar-refractivity contribution in [2.24, 2.45) is 0 Å².